The standard InChI is InChI=1S/C41H56F4O5Si/c1-29-25-36(46)33(32(29)21-23-40(42,43)27-48-30-15-9-7-10-16-30)19-13-14-20-34-35(38(26-37(34)47)50-51(5,6)39(2,3)4)22-24-41(44,45)28-49-31-17-11-8-12-18-31/h7-18,21-24,29,32-38,46-47H,19-20,25-28H2,1-6H3/b14-13+,23-21+,24-22+/t29-,32+,33-,34-,35-,36+,37+,38-/m0/s1. The van der Waals surface area contributed by atoms with Crippen LogP contribution in [0.25, 0.3) is 0 Å². The highest BCUT2D eigenvalue weighted by molar-refractivity contribution is 6.74. The normalized spacial score (nSPS) is 28.0. The van der Waals surface area contributed by atoms with Crippen LogP contribution in [0.1, 0.15) is 53.4 Å². The molecule has 0 saturated heterocycles. The quantitative estimate of drug-likeness (QED) is 0.102. The molecule has 8 atom stereocenters. The molecule has 0 amide bonds. The van der Waals surface area contributed by atoms with Gasteiger partial charge in [0.2, 0.25) is 0 Å². The molecule has 0 bridgehead atoms. The lowest BCUT2D eigenvalue weighted by molar-refractivity contribution is 0.00385. The largest absolute Gasteiger partial charge is 0.487 e. The van der Waals surface area contributed by atoms with E-state index < -0.39 is 57.6 Å². The first-order valence-electron chi connectivity index (χ1n) is 18.1. The number of halogens is 4. The van der Waals surface area contributed by atoms with Gasteiger partial charge in [-0.1, -0.05) is 88.4 Å². The topological polar surface area (TPSA) is 68.2 Å². The predicted molar refractivity (Wildman–Crippen MR) is 197 cm³/mol. The van der Waals surface area contributed by atoms with E-state index in [0.717, 1.165) is 12.2 Å². The summed E-state index contributed by atoms with van der Waals surface area (Å²) < 4.78 is 77.0. The van der Waals surface area contributed by atoms with Crippen LogP contribution in [0.15, 0.2) is 97.1 Å². The van der Waals surface area contributed by atoms with Gasteiger partial charge in [0.25, 0.3) is 11.8 Å². The average molecular weight is 733 g/mol. The highest BCUT2D eigenvalue weighted by Crippen LogP contribution is 2.45. The van der Waals surface area contributed by atoms with E-state index in [1.54, 1.807) is 60.7 Å². The average Bonchev–Trinajstić information content (AvgIpc) is 3.51. The number of allylic oxidation sites excluding steroid dienone is 3. The molecule has 0 spiro atoms. The summed E-state index contributed by atoms with van der Waals surface area (Å²) in [5, 5.41) is 22.0. The number of ether oxygens (including phenoxy) is 2. The molecular weight excluding hydrogens is 677 g/mol. The molecule has 2 aliphatic rings. The zero-order valence-corrected chi connectivity index (χ0v) is 31.7. The monoisotopic (exact) mass is 732 g/mol. The van der Waals surface area contributed by atoms with Gasteiger partial charge < -0.3 is 24.1 Å². The third-order valence-electron chi connectivity index (χ3n) is 10.9. The van der Waals surface area contributed by atoms with Gasteiger partial charge in [-0.3, -0.25) is 0 Å². The van der Waals surface area contributed by atoms with E-state index >= 15 is 8.78 Å². The maximum absolute atomic E-state index is 15.1. The van der Waals surface area contributed by atoms with E-state index in [0.29, 0.717) is 37.2 Å². The first kappa shape index (κ1) is 40.8. The number of aliphatic hydroxyl groups is 2. The van der Waals surface area contributed by atoms with Crippen LogP contribution in [0.5, 0.6) is 11.5 Å². The van der Waals surface area contributed by atoms with E-state index in [9.17, 15) is 19.0 Å². The van der Waals surface area contributed by atoms with Gasteiger partial charge in [-0.15, -0.1) is 0 Å². The Morgan fingerprint density at radius 1 is 0.706 bits per heavy atom. The number of hydrogen-bond acceptors (Lipinski definition) is 5. The van der Waals surface area contributed by atoms with Crippen LogP contribution in [0, 0.1) is 29.6 Å². The predicted octanol–water partition coefficient (Wildman–Crippen LogP) is 9.88. The maximum Gasteiger partial charge on any atom is 0.299 e. The van der Waals surface area contributed by atoms with Crippen molar-refractivity contribution in [1.82, 2.24) is 0 Å². The summed E-state index contributed by atoms with van der Waals surface area (Å²) in [5.74, 6) is -7.05. The molecule has 0 heterocycles. The SMILES string of the molecule is C[C@H]1C[C@@H](O)[C@@H](C/C=C/C[C@H]2[C@H](/C=C/C(F)(F)COc3ccccc3)[C@@H](O[Si](C)(C)C(C)(C)C)C[C@H]2O)[C@@H]1/C=C/C(F)(F)COc1ccccc1. The van der Waals surface area contributed by atoms with E-state index in [4.69, 9.17) is 13.9 Å². The van der Waals surface area contributed by atoms with Crippen molar-refractivity contribution in [3.8, 4) is 11.5 Å². The molecule has 10 heteroatoms. The summed E-state index contributed by atoms with van der Waals surface area (Å²) in [5.41, 5.74) is 0. The Labute approximate surface area is 302 Å². The van der Waals surface area contributed by atoms with Crippen molar-refractivity contribution in [3.63, 3.8) is 0 Å². The molecule has 2 saturated carbocycles. The molecule has 2 aromatic rings. The lowest BCUT2D eigenvalue weighted by Crippen LogP contribution is -2.45. The highest BCUT2D eigenvalue weighted by atomic mass is 28.4. The third-order valence-corrected chi connectivity index (χ3v) is 15.4. The summed E-state index contributed by atoms with van der Waals surface area (Å²) in [6.45, 7) is 10.9. The Kier molecular flexibility index (Phi) is 13.8. The molecule has 2 aliphatic carbocycles. The lowest BCUT2D eigenvalue weighted by atomic mass is 9.86. The van der Waals surface area contributed by atoms with Gasteiger partial charge in [0.05, 0.1) is 18.3 Å². The van der Waals surface area contributed by atoms with Crippen molar-refractivity contribution in [2.45, 2.75) is 102 Å². The molecule has 0 aliphatic heterocycles. The van der Waals surface area contributed by atoms with Gasteiger partial charge in [-0.05, 0) is 104 Å². The van der Waals surface area contributed by atoms with Gasteiger partial charge in [-0.25, -0.2) is 0 Å². The zero-order chi connectivity index (χ0) is 37.5. The maximum atomic E-state index is 15.1. The minimum Gasteiger partial charge on any atom is -0.487 e. The van der Waals surface area contributed by atoms with Gasteiger partial charge in [0, 0.05) is 5.92 Å². The molecule has 2 fully saturated rings. The summed E-state index contributed by atoms with van der Waals surface area (Å²) in [6, 6.07) is 16.9. The second-order valence-corrected chi connectivity index (χ2v) is 20.6. The van der Waals surface area contributed by atoms with Gasteiger partial charge in [-0.2, -0.15) is 17.6 Å². The van der Waals surface area contributed by atoms with Crippen molar-refractivity contribution in [3.05, 3.63) is 97.1 Å². The van der Waals surface area contributed by atoms with E-state index in [-0.39, 0.29) is 28.7 Å². The molecule has 0 aromatic heterocycles. The molecular formula is C41H56F4O5Si. The van der Waals surface area contributed by atoms with Gasteiger partial charge in [0.15, 0.2) is 21.5 Å². The number of rotatable bonds is 16. The molecule has 2 N–H and O–H groups in total. The molecule has 2 aromatic carbocycles. The fourth-order valence-corrected chi connectivity index (χ4v) is 8.27. The first-order valence-corrected chi connectivity index (χ1v) is 21.0. The molecule has 5 nitrogen and oxygen atoms in total. The van der Waals surface area contributed by atoms with Crippen molar-refractivity contribution >= 4 is 8.32 Å². The second kappa shape index (κ2) is 17.3. The van der Waals surface area contributed by atoms with Crippen LogP contribution in [0.3, 0.4) is 0 Å². The summed E-state index contributed by atoms with van der Waals surface area (Å²) in [6.07, 6.45) is 8.47. The summed E-state index contributed by atoms with van der Waals surface area (Å²) >= 11 is 0. The zero-order valence-electron chi connectivity index (χ0n) is 30.7. The number of alkyl halides is 4. The second-order valence-electron chi connectivity index (χ2n) is 15.9. The molecule has 51 heavy (non-hydrogen) atoms. The Morgan fingerprint density at radius 3 is 1.61 bits per heavy atom. The Bertz CT molecular complexity index is 1440. The van der Waals surface area contributed by atoms with Crippen molar-refractivity contribution < 1.29 is 41.7 Å². The molecule has 4 rings (SSSR count). The summed E-state index contributed by atoms with van der Waals surface area (Å²) in [7, 11) is -2.30. The fraction of sp³-hybridized carbons (Fsp3) is 0.561. The Balaban J connectivity index is 1.43. The van der Waals surface area contributed by atoms with Crippen molar-refractivity contribution in [1.29, 1.82) is 0 Å². The molecule has 0 radical (unpaired) electrons. The van der Waals surface area contributed by atoms with Crippen LogP contribution < -0.4 is 9.47 Å². The first-order chi connectivity index (χ1) is 23.9. The van der Waals surface area contributed by atoms with Crippen LogP contribution in [0.4, 0.5) is 17.6 Å². The number of benzene rings is 2. The third kappa shape index (κ3) is 11.8. The Hall–Kier alpha value is -2.92. The fourth-order valence-electron chi connectivity index (χ4n) is 6.90. The lowest BCUT2D eigenvalue weighted by Gasteiger charge is -2.40. The highest BCUT2D eigenvalue weighted by Gasteiger charge is 2.47. The molecule has 282 valence electrons. The van der Waals surface area contributed by atoms with Crippen LogP contribution >= 0.6 is 0 Å². The smallest absolute Gasteiger partial charge is 0.299 e. The number of para-hydroxylation sites is 2. The van der Waals surface area contributed by atoms with Crippen LogP contribution in [0.2, 0.25) is 18.1 Å². The minimum atomic E-state index is -3.24. The van der Waals surface area contributed by atoms with Crippen molar-refractivity contribution in [2.75, 3.05) is 13.2 Å². The van der Waals surface area contributed by atoms with Crippen LogP contribution in [-0.2, 0) is 4.43 Å². The van der Waals surface area contributed by atoms with Crippen molar-refractivity contribution in [2.24, 2.45) is 29.6 Å². The van der Waals surface area contributed by atoms with Gasteiger partial charge in [0.1, 0.15) is 11.5 Å². The summed E-state index contributed by atoms with van der Waals surface area (Å²) in [4.78, 5) is 0. The molecule has 0 unspecified atom stereocenters. The number of hydrogen-bond donors (Lipinski definition) is 2. The van der Waals surface area contributed by atoms with Gasteiger partial charge >= 0.3 is 0 Å². The van der Waals surface area contributed by atoms with Crippen LogP contribution in [-0.4, -0.2) is 61.9 Å². The van der Waals surface area contributed by atoms with E-state index in [1.807, 2.05) is 19.1 Å². The number of aliphatic hydroxyl groups excluding tert-OH is 2. The Morgan fingerprint density at radius 2 is 1.14 bits per heavy atom. The van der Waals surface area contributed by atoms with E-state index in [1.165, 1.54) is 12.2 Å². The minimum absolute atomic E-state index is 0.00689. The van der Waals surface area contributed by atoms with E-state index in [2.05, 4.69) is 33.9 Å².